The Morgan fingerprint density at radius 1 is 0.667 bits per heavy atom. The third-order valence-corrected chi connectivity index (χ3v) is 4.10. The molecule has 0 aromatic heterocycles. The highest BCUT2D eigenvalue weighted by Crippen LogP contribution is 2.30. The molecule has 118 valence electrons. The van der Waals surface area contributed by atoms with Crippen molar-refractivity contribution in [2.75, 3.05) is 0 Å². The molecule has 0 spiro atoms. The van der Waals surface area contributed by atoms with E-state index in [4.69, 9.17) is 11.6 Å². The molecular weight excluding hydrogens is 320 g/mol. The number of benzene rings is 3. The quantitative estimate of drug-likeness (QED) is 0.645. The Balaban J connectivity index is 2.07. The Hall–Kier alpha value is -2.84. The van der Waals surface area contributed by atoms with E-state index in [-0.39, 0.29) is 5.03 Å². The van der Waals surface area contributed by atoms with Crippen LogP contribution in [0, 0.1) is 0 Å². The number of aliphatic carboxylic acids is 1. The molecular formula is C21H15ClO2. The Labute approximate surface area is 145 Å². The first-order valence-corrected chi connectivity index (χ1v) is 7.89. The summed E-state index contributed by atoms with van der Waals surface area (Å²) < 4.78 is 0. The minimum atomic E-state index is -1.14. The second kappa shape index (κ2) is 7.16. The zero-order valence-corrected chi connectivity index (χ0v) is 13.6. The summed E-state index contributed by atoms with van der Waals surface area (Å²) in [6, 6.07) is 27.1. The molecule has 3 rings (SSSR count). The fourth-order valence-corrected chi connectivity index (χ4v) is 2.81. The molecule has 0 amide bonds. The van der Waals surface area contributed by atoms with Gasteiger partial charge in [-0.15, -0.1) is 0 Å². The number of carbonyl (C=O) groups is 1. The maximum atomic E-state index is 11.4. The highest BCUT2D eigenvalue weighted by molar-refractivity contribution is 6.44. The van der Waals surface area contributed by atoms with Crippen molar-refractivity contribution in [1.29, 1.82) is 0 Å². The number of carboxylic acid groups (broad SMARTS) is 1. The average molecular weight is 335 g/mol. The fraction of sp³-hybridized carbons (Fsp3) is 0. The van der Waals surface area contributed by atoms with Gasteiger partial charge in [0.05, 0.1) is 0 Å². The van der Waals surface area contributed by atoms with Crippen LogP contribution in [0.5, 0.6) is 0 Å². The van der Waals surface area contributed by atoms with Crippen LogP contribution in [0.15, 0.2) is 90.0 Å². The summed E-state index contributed by atoms with van der Waals surface area (Å²) in [6.07, 6.45) is 0. The predicted molar refractivity (Wildman–Crippen MR) is 97.8 cm³/mol. The van der Waals surface area contributed by atoms with Crippen LogP contribution in [0.3, 0.4) is 0 Å². The van der Waals surface area contributed by atoms with Crippen LogP contribution in [0.1, 0.15) is 11.1 Å². The molecule has 0 atom stereocenters. The van der Waals surface area contributed by atoms with Gasteiger partial charge in [-0.3, -0.25) is 0 Å². The lowest BCUT2D eigenvalue weighted by atomic mass is 9.95. The van der Waals surface area contributed by atoms with Gasteiger partial charge < -0.3 is 5.11 Å². The van der Waals surface area contributed by atoms with E-state index in [1.54, 1.807) is 0 Å². The van der Waals surface area contributed by atoms with Gasteiger partial charge in [-0.05, 0) is 22.3 Å². The molecule has 0 saturated carbocycles. The summed E-state index contributed by atoms with van der Waals surface area (Å²) in [5.41, 5.74) is 4.24. The largest absolute Gasteiger partial charge is 0.477 e. The first kappa shape index (κ1) is 16.0. The van der Waals surface area contributed by atoms with Crippen molar-refractivity contribution >= 4 is 23.1 Å². The Morgan fingerprint density at radius 3 is 1.67 bits per heavy atom. The average Bonchev–Trinajstić information content (AvgIpc) is 2.64. The summed E-state index contributed by atoms with van der Waals surface area (Å²) in [4.78, 5) is 11.4. The van der Waals surface area contributed by atoms with Gasteiger partial charge >= 0.3 is 5.97 Å². The highest BCUT2D eigenvalue weighted by atomic mass is 35.5. The lowest BCUT2D eigenvalue weighted by molar-refractivity contribution is -0.131. The monoisotopic (exact) mass is 334 g/mol. The smallest absolute Gasteiger partial charge is 0.347 e. The second-order valence-corrected chi connectivity index (χ2v) is 5.68. The fourth-order valence-electron chi connectivity index (χ4n) is 2.59. The third-order valence-electron chi connectivity index (χ3n) is 3.75. The lowest BCUT2D eigenvalue weighted by Gasteiger charge is -2.11. The molecule has 3 aromatic rings. The minimum Gasteiger partial charge on any atom is -0.477 e. The van der Waals surface area contributed by atoms with Crippen molar-refractivity contribution < 1.29 is 9.90 Å². The van der Waals surface area contributed by atoms with Gasteiger partial charge in [0.15, 0.2) is 0 Å². The molecule has 2 nitrogen and oxygen atoms in total. The molecule has 3 heteroatoms. The van der Waals surface area contributed by atoms with Gasteiger partial charge in [-0.2, -0.15) is 0 Å². The standard InChI is InChI=1S/C21H15ClO2/c22-20(21(23)24)19(17-9-5-2-6-10-17)18-13-11-16(12-14-18)15-7-3-1-4-8-15/h1-14H,(H,23,24)/b20-19+. The SMILES string of the molecule is O=C(O)/C(Cl)=C(/c1ccccc1)c1ccc(-c2ccccc2)cc1. The zero-order valence-electron chi connectivity index (χ0n) is 12.8. The van der Waals surface area contributed by atoms with Crippen LogP contribution in [-0.2, 0) is 4.79 Å². The molecule has 0 fully saturated rings. The first-order chi connectivity index (χ1) is 11.7. The van der Waals surface area contributed by atoms with Crippen molar-refractivity contribution in [3.63, 3.8) is 0 Å². The van der Waals surface area contributed by atoms with Crippen LogP contribution >= 0.6 is 11.6 Å². The molecule has 0 aliphatic carbocycles. The van der Waals surface area contributed by atoms with E-state index in [2.05, 4.69) is 0 Å². The van der Waals surface area contributed by atoms with E-state index in [1.807, 2.05) is 84.9 Å². The Morgan fingerprint density at radius 2 is 1.12 bits per heavy atom. The molecule has 0 heterocycles. The molecule has 0 aliphatic heterocycles. The van der Waals surface area contributed by atoms with Crippen molar-refractivity contribution in [2.45, 2.75) is 0 Å². The molecule has 1 N–H and O–H groups in total. The van der Waals surface area contributed by atoms with Crippen molar-refractivity contribution in [3.8, 4) is 11.1 Å². The molecule has 0 saturated heterocycles. The molecule has 0 aliphatic rings. The summed E-state index contributed by atoms with van der Waals surface area (Å²) in [7, 11) is 0. The van der Waals surface area contributed by atoms with E-state index in [0.29, 0.717) is 5.57 Å². The van der Waals surface area contributed by atoms with Crippen LogP contribution < -0.4 is 0 Å². The van der Waals surface area contributed by atoms with Crippen molar-refractivity contribution in [1.82, 2.24) is 0 Å². The van der Waals surface area contributed by atoms with Gasteiger partial charge in [0.25, 0.3) is 0 Å². The maximum absolute atomic E-state index is 11.4. The van der Waals surface area contributed by atoms with Gasteiger partial charge in [-0.25, -0.2) is 4.79 Å². The molecule has 0 radical (unpaired) electrons. The van der Waals surface area contributed by atoms with E-state index in [0.717, 1.165) is 22.3 Å². The highest BCUT2D eigenvalue weighted by Gasteiger charge is 2.15. The molecule has 0 bridgehead atoms. The Kier molecular flexibility index (Phi) is 4.78. The van der Waals surface area contributed by atoms with Gasteiger partial charge in [0.2, 0.25) is 0 Å². The topological polar surface area (TPSA) is 37.3 Å². The normalized spacial score (nSPS) is 11.7. The van der Waals surface area contributed by atoms with Crippen LogP contribution in [0.25, 0.3) is 16.7 Å². The van der Waals surface area contributed by atoms with Crippen LogP contribution in [0.4, 0.5) is 0 Å². The summed E-state index contributed by atoms with van der Waals surface area (Å²) >= 11 is 6.09. The van der Waals surface area contributed by atoms with E-state index in [1.165, 1.54) is 0 Å². The lowest BCUT2D eigenvalue weighted by Crippen LogP contribution is -2.00. The Bertz CT molecular complexity index is 867. The summed E-state index contributed by atoms with van der Waals surface area (Å²) in [5.74, 6) is -1.14. The number of rotatable bonds is 4. The number of halogens is 1. The van der Waals surface area contributed by atoms with E-state index in [9.17, 15) is 9.90 Å². The van der Waals surface area contributed by atoms with Gasteiger partial charge in [0, 0.05) is 5.57 Å². The van der Waals surface area contributed by atoms with Crippen LogP contribution in [-0.4, -0.2) is 11.1 Å². The summed E-state index contributed by atoms with van der Waals surface area (Å²) in [5, 5.41) is 9.13. The van der Waals surface area contributed by atoms with Crippen molar-refractivity contribution in [2.24, 2.45) is 0 Å². The maximum Gasteiger partial charge on any atom is 0.347 e. The van der Waals surface area contributed by atoms with Crippen molar-refractivity contribution in [3.05, 3.63) is 101 Å². The zero-order chi connectivity index (χ0) is 16.9. The molecule has 0 unspecified atom stereocenters. The second-order valence-electron chi connectivity index (χ2n) is 5.30. The number of hydrogen-bond donors (Lipinski definition) is 1. The first-order valence-electron chi connectivity index (χ1n) is 7.51. The van der Waals surface area contributed by atoms with Gasteiger partial charge in [-0.1, -0.05) is 96.5 Å². The molecule has 3 aromatic carbocycles. The number of hydrogen-bond acceptors (Lipinski definition) is 1. The number of carboxylic acids is 1. The third kappa shape index (κ3) is 3.39. The van der Waals surface area contributed by atoms with E-state index < -0.39 is 5.97 Å². The molecule has 24 heavy (non-hydrogen) atoms. The predicted octanol–water partition coefficient (Wildman–Crippen LogP) is 5.44. The van der Waals surface area contributed by atoms with Gasteiger partial charge in [0.1, 0.15) is 5.03 Å². The van der Waals surface area contributed by atoms with Crippen LogP contribution in [0.2, 0.25) is 0 Å². The minimum absolute atomic E-state index is 0.186. The van der Waals surface area contributed by atoms with E-state index >= 15 is 0 Å². The summed E-state index contributed by atoms with van der Waals surface area (Å²) in [6.45, 7) is 0.